The van der Waals surface area contributed by atoms with Gasteiger partial charge in [-0.05, 0) is 29.3 Å². The first kappa shape index (κ1) is 14.8. The molecule has 1 N–H and O–H groups in total. The van der Waals surface area contributed by atoms with Gasteiger partial charge in [0.25, 0.3) is 0 Å². The van der Waals surface area contributed by atoms with E-state index in [0.29, 0.717) is 6.54 Å². The zero-order valence-corrected chi connectivity index (χ0v) is 12.6. The van der Waals surface area contributed by atoms with E-state index in [1.807, 2.05) is 65.4 Å². The van der Waals surface area contributed by atoms with Crippen LogP contribution in [0, 0.1) is 0 Å². The highest BCUT2D eigenvalue weighted by Crippen LogP contribution is 2.09. The molecule has 2 aromatic carbocycles. The van der Waals surface area contributed by atoms with Crippen LogP contribution in [-0.4, -0.2) is 15.5 Å². The third kappa shape index (κ3) is 4.17. The maximum absolute atomic E-state index is 11.8. The molecule has 0 aliphatic carbocycles. The largest absolute Gasteiger partial charge is 0.348 e. The second-order valence-electron chi connectivity index (χ2n) is 5.10. The first-order valence-corrected chi connectivity index (χ1v) is 7.39. The van der Waals surface area contributed by atoms with Crippen molar-refractivity contribution in [3.8, 4) is 5.69 Å². The van der Waals surface area contributed by atoms with Crippen LogP contribution in [0.1, 0.15) is 11.1 Å². The molecule has 0 fully saturated rings. The van der Waals surface area contributed by atoms with E-state index in [4.69, 9.17) is 0 Å². The summed E-state index contributed by atoms with van der Waals surface area (Å²) in [7, 11) is 0. The number of carbonyl (C=O) groups excluding carboxylic acids is 1. The summed E-state index contributed by atoms with van der Waals surface area (Å²) in [5.41, 5.74) is 3.10. The number of nitrogens with zero attached hydrogens (tertiary/aromatic N) is 2. The highest BCUT2D eigenvalue weighted by molar-refractivity contribution is 5.91. The molecule has 0 aliphatic heterocycles. The van der Waals surface area contributed by atoms with Crippen molar-refractivity contribution in [1.29, 1.82) is 0 Å². The predicted molar refractivity (Wildman–Crippen MR) is 90.9 cm³/mol. The Bertz CT molecular complexity index is 775. The molecular weight excluding hydrogens is 286 g/mol. The Balaban J connectivity index is 1.54. The maximum atomic E-state index is 11.8. The van der Waals surface area contributed by atoms with Gasteiger partial charge in [0.2, 0.25) is 5.91 Å². The summed E-state index contributed by atoms with van der Waals surface area (Å²) in [6.45, 7) is 0.502. The van der Waals surface area contributed by atoms with E-state index < -0.39 is 0 Å². The number of imidazole rings is 1. The van der Waals surface area contributed by atoms with Gasteiger partial charge in [-0.15, -0.1) is 0 Å². The average molecular weight is 303 g/mol. The van der Waals surface area contributed by atoms with Gasteiger partial charge in [-0.2, -0.15) is 0 Å². The fourth-order valence-corrected chi connectivity index (χ4v) is 2.18. The van der Waals surface area contributed by atoms with E-state index >= 15 is 0 Å². The van der Waals surface area contributed by atoms with Crippen molar-refractivity contribution in [3.05, 3.63) is 90.5 Å². The number of hydrogen-bond donors (Lipinski definition) is 1. The lowest BCUT2D eigenvalue weighted by Crippen LogP contribution is -2.20. The van der Waals surface area contributed by atoms with Crippen LogP contribution in [-0.2, 0) is 11.3 Å². The minimum absolute atomic E-state index is 0.104. The second-order valence-corrected chi connectivity index (χ2v) is 5.10. The summed E-state index contributed by atoms with van der Waals surface area (Å²) in [5.74, 6) is -0.104. The predicted octanol–water partition coefficient (Wildman–Crippen LogP) is 3.20. The number of amides is 1. The first-order valence-electron chi connectivity index (χ1n) is 7.39. The second kappa shape index (κ2) is 7.22. The summed E-state index contributed by atoms with van der Waals surface area (Å²) in [6, 6.07) is 17.7. The van der Waals surface area contributed by atoms with Crippen molar-refractivity contribution in [2.75, 3.05) is 0 Å². The first-order chi connectivity index (χ1) is 11.3. The van der Waals surface area contributed by atoms with Crippen LogP contribution < -0.4 is 5.32 Å². The maximum Gasteiger partial charge on any atom is 0.244 e. The summed E-state index contributed by atoms with van der Waals surface area (Å²) in [4.78, 5) is 15.9. The molecule has 4 heteroatoms. The van der Waals surface area contributed by atoms with Gasteiger partial charge < -0.3 is 9.88 Å². The quantitative estimate of drug-likeness (QED) is 0.736. The molecule has 1 aromatic heterocycles. The van der Waals surface area contributed by atoms with E-state index in [2.05, 4.69) is 10.3 Å². The highest BCUT2D eigenvalue weighted by atomic mass is 16.1. The van der Waals surface area contributed by atoms with Crippen LogP contribution >= 0.6 is 0 Å². The van der Waals surface area contributed by atoms with E-state index in [9.17, 15) is 4.79 Å². The van der Waals surface area contributed by atoms with Gasteiger partial charge in [-0.3, -0.25) is 4.79 Å². The van der Waals surface area contributed by atoms with Crippen LogP contribution in [0.4, 0.5) is 0 Å². The molecule has 0 spiro atoms. The summed E-state index contributed by atoms with van der Waals surface area (Å²) in [6.07, 6.45) is 8.75. The molecule has 0 aliphatic rings. The van der Waals surface area contributed by atoms with Gasteiger partial charge in [0, 0.05) is 30.7 Å². The fraction of sp³-hybridized carbons (Fsp3) is 0.0526. The zero-order valence-electron chi connectivity index (χ0n) is 12.6. The van der Waals surface area contributed by atoms with Crippen LogP contribution in [0.3, 0.4) is 0 Å². The van der Waals surface area contributed by atoms with E-state index in [-0.39, 0.29) is 5.91 Å². The molecule has 114 valence electrons. The van der Waals surface area contributed by atoms with Gasteiger partial charge in [0.15, 0.2) is 0 Å². The Morgan fingerprint density at radius 3 is 2.57 bits per heavy atom. The minimum atomic E-state index is -0.104. The summed E-state index contributed by atoms with van der Waals surface area (Å²) < 4.78 is 1.94. The molecule has 0 bridgehead atoms. The van der Waals surface area contributed by atoms with Crippen LogP contribution in [0.2, 0.25) is 0 Å². The summed E-state index contributed by atoms with van der Waals surface area (Å²) >= 11 is 0. The lowest BCUT2D eigenvalue weighted by Gasteiger charge is -2.05. The standard InChI is InChI=1S/C19H17N3O/c23-19(11-8-16-4-2-1-3-5-16)21-14-17-6-9-18(10-7-17)22-13-12-20-15-22/h1-13,15H,14H2,(H,21,23)/b11-8+. The number of carbonyl (C=O) groups is 1. The molecule has 3 aromatic rings. The highest BCUT2D eigenvalue weighted by Gasteiger charge is 1.99. The van der Waals surface area contributed by atoms with Crippen molar-refractivity contribution in [3.63, 3.8) is 0 Å². The lowest BCUT2D eigenvalue weighted by molar-refractivity contribution is -0.116. The molecule has 0 atom stereocenters. The van der Waals surface area contributed by atoms with Crippen molar-refractivity contribution >= 4 is 12.0 Å². The monoisotopic (exact) mass is 303 g/mol. The fourth-order valence-electron chi connectivity index (χ4n) is 2.18. The van der Waals surface area contributed by atoms with Crippen LogP contribution in [0.15, 0.2) is 79.4 Å². The molecule has 0 saturated carbocycles. The Kier molecular flexibility index (Phi) is 4.64. The molecule has 1 amide bonds. The van der Waals surface area contributed by atoms with E-state index in [1.54, 1.807) is 24.7 Å². The van der Waals surface area contributed by atoms with Crippen molar-refractivity contribution in [2.24, 2.45) is 0 Å². The van der Waals surface area contributed by atoms with Gasteiger partial charge in [0.1, 0.15) is 0 Å². The summed E-state index contributed by atoms with van der Waals surface area (Å²) in [5, 5.41) is 2.88. The number of rotatable bonds is 5. The smallest absolute Gasteiger partial charge is 0.244 e. The van der Waals surface area contributed by atoms with Gasteiger partial charge >= 0.3 is 0 Å². The Hall–Kier alpha value is -3.14. The minimum Gasteiger partial charge on any atom is -0.348 e. The van der Waals surface area contributed by atoms with Gasteiger partial charge in [-0.1, -0.05) is 42.5 Å². The molecule has 3 rings (SSSR count). The third-order valence-corrected chi connectivity index (χ3v) is 3.43. The zero-order chi connectivity index (χ0) is 15.9. The number of benzene rings is 2. The van der Waals surface area contributed by atoms with Crippen molar-refractivity contribution < 1.29 is 4.79 Å². The Labute approximate surface area is 135 Å². The average Bonchev–Trinajstić information content (AvgIpc) is 3.14. The number of hydrogen-bond acceptors (Lipinski definition) is 2. The third-order valence-electron chi connectivity index (χ3n) is 3.43. The van der Waals surface area contributed by atoms with Crippen LogP contribution in [0.25, 0.3) is 11.8 Å². The molecule has 0 saturated heterocycles. The lowest BCUT2D eigenvalue weighted by atomic mass is 10.2. The SMILES string of the molecule is O=C(/C=C/c1ccccc1)NCc1ccc(-n2ccnc2)cc1. The van der Waals surface area contributed by atoms with Gasteiger partial charge in [0.05, 0.1) is 6.33 Å². The van der Waals surface area contributed by atoms with Gasteiger partial charge in [-0.25, -0.2) is 4.98 Å². The number of nitrogens with one attached hydrogen (secondary N) is 1. The topological polar surface area (TPSA) is 46.9 Å². The Morgan fingerprint density at radius 1 is 1.09 bits per heavy atom. The van der Waals surface area contributed by atoms with Crippen LogP contribution in [0.5, 0.6) is 0 Å². The molecule has 0 unspecified atom stereocenters. The van der Waals surface area contributed by atoms with E-state index in [1.165, 1.54) is 0 Å². The molecule has 1 heterocycles. The van der Waals surface area contributed by atoms with E-state index in [0.717, 1.165) is 16.8 Å². The van der Waals surface area contributed by atoms with Crippen molar-refractivity contribution in [2.45, 2.75) is 6.54 Å². The normalized spacial score (nSPS) is 10.8. The molecule has 23 heavy (non-hydrogen) atoms. The number of aromatic nitrogens is 2. The Morgan fingerprint density at radius 2 is 1.87 bits per heavy atom. The molecule has 4 nitrogen and oxygen atoms in total. The molecule has 0 radical (unpaired) electrons. The van der Waals surface area contributed by atoms with Crippen molar-refractivity contribution in [1.82, 2.24) is 14.9 Å². The molecular formula is C19H17N3O.